The number of furan rings is 1. The third-order valence-corrected chi connectivity index (χ3v) is 5.07. The molecule has 2 N–H and O–H groups in total. The number of nitrogens with zero attached hydrogens (tertiary/aromatic N) is 1. The van der Waals surface area contributed by atoms with Crippen molar-refractivity contribution in [3.63, 3.8) is 0 Å². The van der Waals surface area contributed by atoms with Gasteiger partial charge < -0.3 is 10.2 Å². The van der Waals surface area contributed by atoms with Crippen molar-refractivity contribution in [3.05, 3.63) is 43.4 Å². The van der Waals surface area contributed by atoms with Crippen molar-refractivity contribution in [2.45, 2.75) is 12.6 Å². The quantitative estimate of drug-likeness (QED) is 0.834. The van der Waals surface area contributed by atoms with Crippen molar-refractivity contribution in [3.8, 4) is 0 Å². The molecule has 18 heavy (non-hydrogen) atoms. The first-order valence-electron chi connectivity index (χ1n) is 5.48. The monoisotopic (exact) mass is 392 g/mol. The third kappa shape index (κ3) is 3.24. The predicted molar refractivity (Wildman–Crippen MR) is 81.7 cm³/mol. The summed E-state index contributed by atoms with van der Waals surface area (Å²) in [6, 6.07) is 4.11. The van der Waals surface area contributed by atoms with Gasteiger partial charge >= 0.3 is 0 Å². The maximum atomic E-state index is 5.86. The van der Waals surface area contributed by atoms with Crippen LogP contribution >= 0.6 is 43.2 Å². The van der Waals surface area contributed by atoms with Gasteiger partial charge in [0, 0.05) is 27.8 Å². The van der Waals surface area contributed by atoms with Crippen LogP contribution in [0, 0.1) is 0 Å². The van der Waals surface area contributed by atoms with Crippen molar-refractivity contribution in [1.82, 2.24) is 4.90 Å². The fourth-order valence-electron chi connectivity index (χ4n) is 1.82. The molecule has 6 heteroatoms. The van der Waals surface area contributed by atoms with Gasteiger partial charge in [-0.3, -0.25) is 4.90 Å². The lowest BCUT2D eigenvalue weighted by atomic mass is 10.2. The molecule has 0 aliphatic carbocycles. The Morgan fingerprint density at radius 3 is 2.78 bits per heavy atom. The lowest BCUT2D eigenvalue weighted by molar-refractivity contribution is 0.213. The highest BCUT2D eigenvalue weighted by atomic mass is 79.9. The Hall–Kier alpha value is -0.140. The molecule has 0 amide bonds. The van der Waals surface area contributed by atoms with Crippen LogP contribution in [0.2, 0.25) is 0 Å². The topological polar surface area (TPSA) is 42.4 Å². The first kappa shape index (κ1) is 14.3. The van der Waals surface area contributed by atoms with E-state index in [9.17, 15) is 0 Å². The Bertz CT molecular complexity index is 512. The maximum Gasteiger partial charge on any atom is 0.136 e. The molecule has 0 fully saturated rings. The van der Waals surface area contributed by atoms with Crippen molar-refractivity contribution < 1.29 is 4.42 Å². The van der Waals surface area contributed by atoms with Gasteiger partial charge in [0.25, 0.3) is 0 Å². The van der Waals surface area contributed by atoms with Gasteiger partial charge in [0.1, 0.15) is 5.76 Å². The Morgan fingerprint density at radius 1 is 1.50 bits per heavy atom. The molecule has 0 saturated heterocycles. The second-order valence-electron chi connectivity index (χ2n) is 4.03. The zero-order valence-electron chi connectivity index (χ0n) is 9.90. The van der Waals surface area contributed by atoms with E-state index in [1.165, 1.54) is 4.88 Å². The lowest BCUT2D eigenvalue weighted by Crippen LogP contribution is -2.29. The maximum absolute atomic E-state index is 5.86. The third-order valence-electron chi connectivity index (χ3n) is 2.73. The van der Waals surface area contributed by atoms with Crippen LogP contribution in [-0.4, -0.2) is 18.5 Å². The SMILES string of the molecule is CN(Cc1cc(Br)cs1)C(CN)c1occc1Br. The number of halogens is 2. The van der Waals surface area contributed by atoms with Crippen molar-refractivity contribution in [2.24, 2.45) is 5.73 Å². The lowest BCUT2D eigenvalue weighted by Gasteiger charge is -2.25. The Morgan fingerprint density at radius 2 is 2.28 bits per heavy atom. The van der Waals surface area contributed by atoms with Gasteiger partial charge in [-0.2, -0.15) is 0 Å². The molecule has 2 aromatic heterocycles. The smallest absolute Gasteiger partial charge is 0.136 e. The minimum atomic E-state index is 0.0789. The van der Waals surface area contributed by atoms with E-state index in [-0.39, 0.29) is 6.04 Å². The fourth-order valence-corrected chi connectivity index (χ4v) is 3.80. The highest BCUT2D eigenvalue weighted by Gasteiger charge is 2.21. The summed E-state index contributed by atoms with van der Waals surface area (Å²) >= 11 is 8.69. The van der Waals surface area contributed by atoms with Gasteiger partial charge in [0.15, 0.2) is 0 Å². The standard InChI is InChI=1S/C12H14Br2N2OS/c1-16(6-9-4-8(13)7-18-9)11(5-15)12-10(14)2-3-17-12/h2-4,7,11H,5-6,15H2,1H3. The van der Waals surface area contributed by atoms with Gasteiger partial charge in [-0.25, -0.2) is 0 Å². The van der Waals surface area contributed by atoms with Crippen LogP contribution in [-0.2, 0) is 6.54 Å². The van der Waals surface area contributed by atoms with E-state index in [0.29, 0.717) is 6.54 Å². The molecule has 1 atom stereocenters. The summed E-state index contributed by atoms with van der Waals surface area (Å²) in [5.74, 6) is 0.885. The van der Waals surface area contributed by atoms with Crippen LogP contribution in [0.25, 0.3) is 0 Å². The molecule has 1 unspecified atom stereocenters. The molecule has 2 aromatic rings. The molecule has 0 aliphatic heterocycles. The Balaban J connectivity index is 2.11. The molecule has 0 bridgehead atoms. The van der Waals surface area contributed by atoms with Gasteiger partial charge in [-0.1, -0.05) is 0 Å². The largest absolute Gasteiger partial charge is 0.466 e. The van der Waals surface area contributed by atoms with Crippen molar-refractivity contribution in [2.75, 3.05) is 13.6 Å². The minimum absolute atomic E-state index is 0.0789. The van der Waals surface area contributed by atoms with Gasteiger partial charge in [-0.15, -0.1) is 11.3 Å². The molecule has 0 spiro atoms. The number of rotatable bonds is 5. The summed E-state index contributed by atoms with van der Waals surface area (Å²) in [5.41, 5.74) is 5.86. The number of hydrogen-bond donors (Lipinski definition) is 1. The van der Waals surface area contributed by atoms with E-state index in [0.717, 1.165) is 21.3 Å². The van der Waals surface area contributed by atoms with Crippen LogP contribution < -0.4 is 5.73 Å². The first-order valence-corrected chi connectivity index (χ1v) is 7.94. The molecule has 2 rings (SSSR count). The average molecular weight is 394 g/mol. The summed E-state index contributed by atoms with van der Waals surface area (Å²) < 4.78 is 7.60. The van der Waals surface area contributed by atoms with E-state index in [2.05, 4.69) is 55.3 Å². The first-order chi connectivity index (χ1) is 8.61. The molecule has 0 radical (unpaired) electrons. The average Bonchev–Trinajstić information content (AvgIpc) is 2.90. The summed E-state index contributed by atoms with van der Waals surface area (Å²) in [5, 5.41) is 2.09. The van der Waals surface area contributed by atoms with Gasteiger partial charge in [-0.05, 0) is 51.0 Å². The zero-order chi connectivity index (χ0) is 13.1. The molecule has 0 aromatic carbocycles. The molecule has 3 nitrogen and oxygen atoms in total. The van der Waals surface area contributed by atoms with E-state index in [4.69, 9.17) is 10.2 Å². The van der Waals surface area contributed by atoms with E-state index in [1.807, 2.05) is 6.07 Å². The van der Waals surface area contributed by atoms with Gasteiger partial charge in [0.05, 0.1) is 16.8 Å². The van der Waals surface area contributed by atoms with Crippen LogP contribution in [0.5, 0.6) is 0 Å². The van der Waals surface area contributed by atoms with Gasteiger partial charge in [0.2, 0.25) is 0 Å². The zero-order valence-corrected chi connectivity index (χ0v) is 13.9. The normalized spacial score (nSPS) is 13.2. The molecule has 0 aliphatic rings. The van der Waals surface area contributed by atoms with E-state index >= 15 is 0 Å². The molecular weight excluding hydrogens is 380 g/mol. The molecule has 2 heterocycles. The Labute approximate surface area is 127 Å². The van der Waals surface area contributed by atoms with Crippen LogP contribution in [0.3, 0.4) is 0 Å². The predicted octanol–water partition coefficient (Wildman–Crippen LogP) is 4.00. The summed E-state index contributed by atoms with van der Waals surface area (Å²) in [6.45, 7) is 1.38. The second-order valence-corrected chi connectivity index (χ2v) is 6.80. The number of likely N-dealkylation sites (N-methyl/N-ethyl adjacent to an activating group) is 1. The number of thiophene rings is 1. The molecule has 0 saturated carbocycles. The molecular formula is C12H14Br2N2OS. The van der Waals surface area contributed by atoms with Crippen molar-refractivity contribution in [1.29, 1.82) is 0 Å². The van der Waals surface area contributed by atoms with Crippen LogP contribution in [0.15, 0.2) is 37.1 Å². The molecule has 98 valence electrons. The fraction of sp³-hybridized carbons (Fsp3) is 0.333. The second kappa shape index (κ2) is 6.34. The van der Waals surface area contributed by atoms with Crippen LogP contribution in [0.4, 0.5) is 0 Å². The van der Waals surface area contributed by atoms with Crippen molar-refractivity contribution >= 4 is 43.2 Å². The minimum Gasteiger partial charge on any atom is -0.466 e. The summed E-state index contributed by atoms with van der Waals surface area (Å²) in [4.78, 5) is 3.49. The van der Waals surface area contributed by atoms with Crippen LogP contribution in [0.1, 0.15) is 16.7 Å². The van der Waals surface area contributed by atoms with E-state index in [1.54, 1.807) is 17.6 Å². The Kier molecular flexibility index (Phi) is 5.03. The number of hydrogen-bond acceptors (Lipinski definition) is 4. The highest BCUT2D eigenvalue weighted by molar-refractivity contribution is 9.10. The summed E-state index contributed by atoms with van der Waals surface area (Å²) in [6.07, 6.45) is 1.68. The highest BCUT2D eigenvalue weighted by Crippen LogP contribution is 2.29. The summed E-state index contributed by atoms with van der Waals surface area (Å²) in [7, 11) is 2.06. The number of nitrogens with two attached hydrogens (primary N) is 1. The van der Waals surface area contributed by atoms with E-state index < -0.39 is 0 Å².